The first-order chi connectivity index (χ1) is 22.3. The Morgan fingerprint density at radius 2 is 1.40 bits per heavy atom. The number of likely N-dealkylation sites (tertiary alicyclic amines) is 1. The Hall–Kier alpha value is -3.67. The van der Waals surface area contributed by atoms with Gasteiger partial charge in [-0.2, -0.15) is 13.2 Å². The molecule has 4 rings (SSSR count). The van der Waals surface area contributed by atoms with Gasteiger partial charge in [-0.05, 0) is 42.7 Å². The number of rotatable bonds is 11. The second-order valence-corrected chi connectivity index (χ2v) is 13.3. The van der Waals surface area contributed by atoms with Gasteiger partial charge in [-0.1, -0.05) is 76.3 Å². The normalized spacial score (nSPS) is 21.5. The fraction of sp³-hybridized carbons (Fsp3) is 0.600. The van der Waals surface area contributed by atoms with Gasteiger partial charge in [0.25, 0.3) is 0 Å². The number of Topliss-reactive ketones (excluding diaryl/α,β-unsaturated/α-hetero) is 2. The van der Waals surface area contributed by atoms with Crippen LogP contribution in [0.4, 0.5) is 22.8 Å². The highest BCUT2D eigenvalue weighted by Crippen LogP contribution is 2.32. The molecule has 0 spiro atoms. The average molecular weight is 660 g/mol. The molecule has 0 saturated carbocycles. The monoisotopic (exact) mass is 659 g/mol. The topological polar surface area (TPSA) is 102 Å². The standard InChI is InChI=1S/C35H48F3N5O4/c1-23(2)31(44)30(27-14-10-11-24(3)21-27)40-34(47)43-19-17-41(18-20-43)28(35(36,37)38)22-25(4)32(45)29(26-12-6-5-7-13-26)39-33(46)42-15-8-9-16-42/h5-7,10,12-14,21,23-25,28-30H,8-9,11,15-20,22H2,1-4H3,(H,39,46)(H,40,47)/t24?,25?,28?,29-,30-/m1/s1. The summed E-state index contributed by atoms with van der Waals surface area (Å²) in [7, 11) is 0. The smallest absolute Gasteiger partial charge is 0.325 e. The molecule has 0 radical (unpaired) electrons. The van der Waals surface area contributed by atoms with Crippen LogP contribution in [0.25, 0.3) is 0 Å². The molecule has 0 bridgehead atoms. The van der Waals surface area contributed by atoms with Crippen molar-refractivity contribution in [1.82, 2.24) is 25.3 Å². The number of halogens is 3. The van der Waals surface area contributed by atoms with E-state index in [9.17, 15) is 32.3 Å². The molecule has 12 heteroatoms. The van der Waals surface area contributed by atoms with E-state index in [2.05, 4.69) is 10.6 Å². The zero-order valence-corrected chi connectivity index (χ0v) is 27.8. The third-order valence-electron chi connectivity index (χ3n) is 9.31. The maximum absolute atomic E-state index is 14.5. The highest BCUT2D eigenvalue weighted by molar-refractivity contribution is 5.93. The molecule has 5 atom stereocenters. The number of hydrogen-bond donors (Lipinski definition) is 2. The van der Waals surface area contributed by atoms with E-state index in [1.165, 1.54) is 16.7 Å². The van der Waals surface area contributed by atoms with Crippen LogP contribution in [0, 0.1) is 17.8 Å². The van der Waals surface area contributed by atoms with Crippen LogP contribution in [0.1, 0.15) is 65.0 Å². The Morgan fingerprint density at radius 1 is 0.830 bits per heavy atom. The highest BCUT2D eigenvalue weighted by Gasteiger charge is 2.46. The van der Waals surface area contributed by atoms with Crippen molar-refractivity contribution < 1.29 is 32.3 Å². The number of ketones is 2. The zero-order chi connectivity index (χ0) is 34.3. The van der Waals surface area contributed by atoms with Crippen LogP contribution in [0.2, 0.25) is 0 Å². The summed E-state index contributed by atoms with van der Waals surface area (Å²) in [6.45, 7) is 8.15. The molecule has 2 aliphatic heterocycles. The third kappa shape index (κ3) is 9.46. The molecule has 2 saturated heterocycles. The molecule has 2 N–H and O–H groups in total. The summed E-state index contributed by atoms with van der Waals surface area (Å²) in [5, 5.41) is 5.62. The highest BCUT2D eigenvalue weighted by atomic mass is 19.4. The van der Waals surface area contributed by atoms with E-state index in [4.69, 9.17) is 0 Å². The van der Waals surface area contributed by atoms with E-state index in [0.717, 1.165) is 24.8 Å². The van der Waals surface area contributed by atoms with E-state index in [-0.39, 0.29) is 43.8 Å². The first-order valence-corrected chi connectivity index (χ1v) is 16.7. The molecule has 4 amide bonds. The van der Waals surface area contributed by atoms with E-state index in [1.54, 1.807) is 49.1 Å². The molecule has 0 aromatic heterocycles. The van der Waals surface area contributed by atoms with Crippen molar-refractivity contribution in [3.05, 3.63) is 59.7 Å². The van der Waals surface area contributed by atoms with E-state index >= 15 is 0 Å². The van der Waals surface area contributed by atoms with E-state index in [0.29, 0.717) is 18.7 Å². The van der Waals surface area contributed by atoms with Crippen molar-refractivity contribution in [2.75, 3.05) is 39.3 Å². The Labute approximate surface area is 275 Å². The maximum atomic E-state index is 14.5. The molecule has 1 aliphatic carbocycles. The van der Waals surface area contributed by atoms with Crippen LogP contribution < -0.4 is 10.6 Å². The minimum atomic E-state index is -4.62. The van der Waals surface area contributed by atoms with Gasteiger partial charge in [-0.3, -0.25) is 14.5 Å². The van der Waals surface area contributed by atoms with Gasteiger partial charge in [0.1, 0.15) is 18.1 Å². The minimum absolute atomic E-state index is 0.0349. The molecule has 47 heavy (non-hydrogen) atoms. The minimum Gasteiger partial charge on any atom is -0.325 e. The lowest BCUT2D eigenvalue weighted by Gasteiger charge is -2.41. The van der Waals surface area contributed by atoms with Crippen LogP contribution in [0.5, 0.6) is 0 Å². The van der Waals surface area contributed by atoms with Gasteiger partial charge in [0.05, 0.1) is 0 Å². The van der Waals surface area contributed by atoms with Gasteiger partial charge >= 0.3 is 18.2 Å². The number of nitrogens with one attached hydrogen (secondary N) is 2. The number of nitrogens with zero attached hydrogens (tertiary/aromatic N) is 3. The van der Waals surface area contributed by atoms with E-state index < -0.39 is 54.5 Å². The Bertz CT molecular complexity index is 1320. The summed E-state index contributed by atoms with van der Waals surface area (Å²) in [6, 6.07) is 3.86. The first kappa shape index (κ1) is 36.2. The van der Waals surface area contributed by atoms with Gasteiger partial charge in [0, 0.05) is 51.1 Å². The predicted molar refractivity (Wildman–Crippen MR) is 173 cm³/mol. The summed E-state index contributed by atoms with van der Waals surface area (Å²) >= 11 is 0. The molecule has 9 nitrogen and oxygen atoms in total. The second kappa shape index (κ2) is 16.0. The van der Waals surface area contributed by atoms with Crippen molar-refractivity contribution >= 4 is 23.6 Å². The van der Waals surface area contributed by atoms with Crippen molar-refractivity contribution in [3.63, 3.8) is 0 Å². The van der Waals surface area contributed by atoms with Crippen LogP contribution in [-0.2, 0) is 9.59 Å². The molecule has 1 aromatic rings. The fourth-order valence-electron chi connectivity index (χ4n) is 6.49. The van der Waals surface area contributed by atoms with Crippen molar-refractivity contribution in [2.24, 2.45) is 17.8 Å². The average Bonchev–Trinajstić information content (AvgIpc) is 3.59. The summed E-state index contributed by atoms with van der Waals surface area (Å²) in [4.78, 5) is 57.3. The lowest BCUT2D eigenvalue weighted by Crippen LogP contribution is -2.59. The Kier molecular flexibility index (Phi) is 12.3. The molecule has 258 valence electrons. The molecule has 1 aromatic carbocycles. The lowest BCUT2D eigenvalue weighted by atomic mass is 9.89. The predicted octanol–water partition coefficient (Wildman–Crippen LogP) is 5.50. The SMILES string of the molecule is CC1C=C([C@@H](NC(=O)N2CCN(C(CC(C)C(=O)[C@H](NC(=O)N3CCCC3)c3ccccc3)C(F)(F)F)CC2)C(=O)C(C)C)C=CC1. The largest absolute Gasteiger partial charge is 0.404 e. The quantitative estimate of drug-likeness (QED) is 0.327. The number of amides is 4. The van der Waals surface area contributed by atoms with Crippen molar-refractivity contribution in [2.45, 2.75) is 77.7 Å². The fourth-order valence-corrected chi connectivity index (χ4v) is 6.49. The van der Waals surface area contributed by atoms with Gasteiger partial charge < -0.3 is 20.4 Å². The number of allylic oxidation sites excluding steroid dienone is 2. The van der Waals surface area contributed by atoms with Crippen molar-refractivity contribution in [1.29, 1.82) is 0 Å². The van der Waals surface area contributed by atoms with Gasteiger partial charge in [-0.25, -0.2) is 9.59 Å². The molecule has 2 heterocycles. The third-order valence-corrected chi connectivity index (χ3v) is 9.31. The summed E-state index contributed by atoms with van der Waals surface area (Å²) in [6.07, 6.45) is 3.25. The Morgan fingerprint density at radius 3 is 1.96 bits per heavy atom. The number of urea groups is 2. The number of carbonyl (C=O) groups is 4. The number of alkyl halides is 3. The second-order valence-electron chi connectivity index (χ2n) is 13.3. The maximum Gasteiger partial charge on any atom is 0.404 e. The molecule has 3 aliphatic rings. The molecule has 2 fully saturated rings. The number of carbonyl (C=O) groups excluding carboxylic acids is 4. The van der Waals surface area contributed by atoms with Crippen LogP contribution in [0.15, 0.2) is 54.1 Å². The molecular weight excluding hydrogens is 611 g/mol. The van der Waals surface area contributed by atoms with Gasteiger partial charge in [0.15, 0.2) is 11.6 Å². The van der Waals surface area contributed by atoms with Crippen LogP contribution in [-0.4, -0.2) is 95.9 Å². The number of hydrogen-bond acceptors (Lipinski definition) is 5. The summed E-state index contributed by atoms with van der Waals surface area (Å²) < 4.78 is 43.6. The molecular formula is C35H48F3N5O4. The first-order valence-electron chi connectivity index (χ1n) is 16.7. The number of benzene rings is 1. The molecule has 3 unspecified atom stereocenters. The zero-order valence-electron chi connectivity index (χ0n) is 27.8. The van der Waals surface area contributed by atoms with Crippen LogP contribution in [0.3, 0.4) is 0 Å². The summed E-state index contributed by atoms with van der Waals surface area (Å²) in [5.74, 6) is -1.75. The summed E-state index contributed by atoms with van der Waals surface area (Å²) in [5.41, 5.74) is 1.24. The lowest BCUT2D eigenvalue weighted by molar-refractivity contribution is -0.191. The van der Waals surface area contributed by atoms with Gasteiger partial charge in [0.2, 0.25) is 0 Å². The van der Waals surface area contributed by atoms with Crippen LogP contribution >= 0.6 is 0 Å². The van der Waals surface area contributed by atoms with E-state index in [1.807, 2.05) is 25.2 Å². The number of piperazine rings is 1. The van der Waals surface area contributed by atoms with Gasteiger partial charge in [-0.15, -0.1) is 0 Å². The van der Waals surface area contributed by atoms with Crippen molar-refractivity contribution in [3.8, 4) is 0 Å². The Balaban J connectivity index is 1.41.